The summed E-state index contributed by atoms with van der Waals surface area (Å²) in [5.41, 5.74) is 0. The molecule has 1 aliphatic rings. The van der Waals surface area contributed by atoms with Crippen molar-refractivity contribution in [3.05, 3.63) is 0 Å². The molecule has 1 aliphatic heterocycles. The van der Waals surface area contributed by atoms with E-state index in [2.05, 4.69) is 0 Å². The van der Waals surface area contributed by atoms with E-state index in [0.717, 1.165) is 25.9 Å². The molecule has 1 rings (SSSR count). The second kappa shape index (κ2) is 3.01. The van der Waals surface area contributed by atoms with Gasteiger partial charge < -0.3 is 5.11 Å². The zero-order chi connectivity index (χ0) is 7.56. The van der Waals surface area contributed by atoms with E-state index in [1.165, 1.54) is 0 Å². The first-order chi connectivity index (χ1) is 4.75. The molecule has 0 bridgehead atoms. The number of carboxylic acids is 1. The van der Waals surface area contributed by atoms with Gasteiger partial charge in [0.05, 0.1) is 0 Å². The first-order valence-electron chi connectivity index (χ1n) is 3.72. The largest absolute Gasteiger partial charge is 0.480 e. The van der Waals surface area contributed by atoms with Crippen molar-refractivity contribution in [1.82, 2.24) is 4.90 Å². The Morgan fingerprint density at radius 1 is 1.80 bits per heavy atom. The van der Waals surface area contributed by atoms with Crippen molar-refractivity contribution in [1.29, 1.82) is 0 Å². The molecular weight excluding hydrogens is 130 g/mol. The van der Waals surface area contributed by atoms with Crippen molar-refractivity contribution in [3.8, 4) is 0 Å². The minimum absolute atomic E-state index is 0.204. The average molecular weight is 143 g/mol. The minimum atomic E-state index is -0.667. The fraction of sp³-hybridized carbons (Fsp3) is 0.857. The summed E-state index contributed by atoms with van der Waals surface area (Å²) in [7, 11) is 0. The van der Waals surface area contributed by atoms with E-state index in [0.29, 0.717) is 0 Å². The molecular formula is C7H13NO2. The average Bonchev–Trinajstić information content (AvgIpc) is 2.33. The van der Waals surface area contributed by atoms with Crippen LogP contribution < -0.4 is 0 Å². The summed E-state index contributed by atoms with van der Waals surface area (Å²) in [6, 6.07) is -0.204. The molecule has 0 aliphatic carbocycles. The van der Waals surface area contributed by atoms with E-state index in [9.17, 15) is 4.79 Å². The number of carboxylic acid groups (broad SMARTS) is 1. The monoisotopic (exact) mass is 143 g/mol. The summed E-state index contributed by atoms with van der Waals surface area (Å²) < 4.78 is 0. The summed E-state index contributed by atoms with van der Waals surface area (Å²) >= 11 is 0. The zero-order valence-electron chi connectivity index (χ0n) is 6.21. The van der Waals surface area contributed by atoms with E-state index < -0.39 is 5.97 Å². The van der Waals surface area contributed by atoms with Gasteiger partial charge >= 0.3 is 5.97 Å². The van der Waals surface area contributed by atoms with Crippen molar-refractivity contribution in [2.75, 3.05) is 13.1 Å². The Bertz CT molecular complexity index is 136. The smallest absolute Gasteiger partial charge is 0.320 e. The Morgan fingerprint density at radius 2 is 2.50 bits per heavy atom. The topological polar surface area (TPSA) is 40.5 Å². The van der Waals surface area contributed by atoms with Gasteiger partial charge in [0.1, 0.15) is 6.04 Å². The van der Waals surface area contributed by atoms with Gasteiger partial charge in [0.25, 0.3) is 0 Å². The van der Waals surface area contributed by atoms with E-state index in [-0.39, 0.29) is 6.04 Å². The van der Waals surface area contributed by atoms with Crippen molar-refractivity contribution < 1.29 is 9.90 Å². The van der Waals surface area contributed by atoms with Gasteiger partial charge in [0.15, 0.2) is 0 Å². The normalized spacial score (nSPS) is 27.1. The highest BCUT2D eigenvalue weighted by atomic mass is 16.4. The summed E-state index contributed by atoms with van der Waals surface area (Å²) in [6.07, 6.45) is 1.86. The van der Waals surface area contributed by atoms with Crippen molar-refractivity contribution in [2.45, 2.75) is 25.8 Å². The molecule has 1 N–H and O–H groups in total. The summed E-state index contributed by atoms with van der Waals surface area (Å²) in [5, 5.41) is 8.67. The van der Waals surface area contributed by atoms with Crippen LogP contribution in [0.4, 0.5) is 0 Å². The molecule has 0 unspecified atom stereocenters. The fourth-order valence-corrected chi connectivity index (χ4v) is 1.48. The van der Waals surface area contributed by atoms with Crippen LogP contribution in [0, 0.1) is 0 Å². The standard InChI is InChI=1S/C7H13NO2/c1-2-8-5-3-4-6(8)7(9)10/h6H,2-5H2,1H3,(H,9,10)/t6-/m1/s1. The maximum absolute atomic E-state index is 10.5. The highest BCUT2D eigenvalue weighted by molar-refractivity contribution is 5.73. The fourth-order valence-electron chi connectivity index (χ4n) is 1.48. The second-order valence-corrected chi connectivity index (χ2v) is 2.62. The summed E-state index contributed by atoms with van der Waals surface area (Å²) in [4.78, 5) is 12.5. The van der Waals surface area contributed by atoms with Crippen LogP contribution in [-0.4, -0.2) is 35.1 Å². The third kappa shape index (κ3) is 1.29. The molecule has 1 fully saturated rings. The van der Waals surface area contributed by atoms with Gasteiger partial charge in [0.2, 0.25) is 0 Å². The zero-order valence-corrected chi connectivity index (χ0v) is 6.21. The number of likely N-dealkylation sites (tertiary alicyclic amines) is 1. The van der Waals surface area contributed by atoms with Gasteiger partial charge in [-0.05, 0) is 25.9 Å². The summed E-state index contributed by atoms with van der Waals surface area (Å²) in [6.45, 7) is 3.81. The lowest BCUT2D eigenvalue weighted by Crippen LogP contribution is -2.35. The molecule has 3 nitrogen and oxygen atoms in total. The van der Waals surface area contributed by atoms with Crippen LogP contribution in [0.2, 0.25) is 0 Å². The quantitative estimate of drug-likeness (QED) is 0.614. The third-order valence-corrected chi connectivity index (χ3v) is 2.05. The van der Waals surface area contributed by atoms with Crippen molar-refractivity contribution in [3.63, 3.8) is 0 Å². The van der Waals surface area contributed by atoms with Crippen LogP contribution in [0.3, 0.4) is 0 Å². The number of carbonyl (C=O) groups is 1. The van der Waals surface area contributed by atoms with Crippen LogP contribution in [-0.2, 0) is 4.79 Å². The van der Waals surface area contributed by atoms with Crippen molar-refractivity contribution in [2.24, 2.45) is 0 Å². The first kappa shape index (κ1) is 7.54. The van der Waals surface area contributed by atoms with Crippen molar-refractivity contribution >= 4 is 5.97 Å². The molecule has 0 radical (unpaired) electrons. The van der Waals surface area contributed by atoms with Gasteiger partial charge in [-0.3, -0.25) is 9.69 Å². The Morgan fingerprint density at radius 3 is 2.90 bits per heavy atom. The van der Waals surface area contributed by atoms with Gasteiger partial charge in [0, 0.05) is 0 Å². The third-order valence-electron chi connectivity index (χ3n) is 2.05. The number of nitrogens with zero attached hydrogens (tertiary/aromatic N) is 1. The Kier molecular flexibility index (Phi) is 2.27. The van der Waals surface area contributed by atoms with E-state index in [1.54, 1.807) is 0 Å². The maximum Gasteiger partial charge on any atom is 0.320 e. The molecule has 0 aromatic carbocycles. The van der Waals surface area contributed by atoms with Gasteiger partial charge in [-0.1, -0.05) is 6.92 Å². The molecule has 0 aromatic rings. The van der Waals surface area contributed by atoms with Gasteiger partial charge in [-0.25, -0.2) is 0 Å². The lowest BCUT2D eigenvalue weighted by molar-refractivity contribution is -0.142. The van der Waals surface area contributed by atoms with Gasteiger partial charge in [-0.15, -0.1) is 0 Å². The number of aliphatic carboxylic acids is 1. The number of rotatable bonds is 2. The Balaban J connectivity index is 2.50. The predicted octanol–water partition coefficient (Wildman–Crippen LogP) is 0.555. The highest BCUT2D eigenvalue weighted by Gasteiger charge is 2.28. The predicted molar refractivity (Wildman–Crippen MR) is 37.9 cm³/mol. The van der Waals surface area contributed by atoms with Crippen LogP contribution in [0.25, 0.3) is 0 Å². The highest BCUT2D eigenvalue weighted by Crippen LogP contribution is 2.15. The second-order valence-electron chi connectivity index (χ2n) is 2.62. The molecule has 3 heteroatoms. The molecule has 58 valence electrons. The molecule has 1 heterocycles. The SMILES string of the molecule is CCN1CCC[C@@H]1C(=O)O. The molecule has 0 amide bonds. The van der Waals surface area contributed by atoms with Crippen LogP contribution in [0.5, 0.6) is 0 Å². The van der Waals surface area contributed by atoms with E-state index in [4.69, 9.17) is 5.11 Å². The maximum atomic E-state index is 10.5. The molecule has 0 spiro atoms. The lowest BCUT2D eigenvalue weighted by atomic mass is 10.2. The molecule has 10 heavy (non-hydrogen) atoms. The minimum Gasteiger partial charge on any atom is -0.480 e. The number of hydrogen-bond acceptors (Lipinski definition) is 2. The van der Waals surface area contributed by atoms with Crippen LogP contribution in [0.15, 0.2) is 0 Å². The van der Waals surface area contributed by atoms with E-state index in [1.807, 2.05) is 11.8 Å². The Labute approximate surface area is 60.6 Å². The molecule has 0 aromatic heterocycles. The lowest BCUT2D eigenvalue weighted by Gasteiger charge is -2.17. The number of likely N-dealkylation sites (N-methyl/N-ethyl adjacent to an activating group) is 1. The first-order valence-corrected chi connectivity index (χ1v) is 3.72. The van der Waals surface area contributed by atoms with Crippen LogP contribution in [0.1, 0.15) is 19.8 Å². The summed E-state index contributed by atoms with van der Waals surface area (Å²) in [5.74, 6) is -0.667. The Hall–Kier alpha value is -0.570. The molecule has 0 saturated carbocycles. The molecule has 1 atom stereocenters. The molecule has 1 saturated heterocycles. The van der Waals surface area contributed by atoms with Crippen LogP contribution >= 0.6 is 0 Å². The van der Waals surface area contributed by atoms with Gasteiger partial charge in [-0.2, -0.15) is 0 Å². The number of hydrogen-bond donors (Lipinski definition) is 1. The van der Waals surface area contributed by atoms with E-state index >= 15 is 0 Å².